The summed E-state index contributed by atoms with van der Waals surface area (Å²) in [5.41, 5.74) is 1.58. The lowest BCUT2D eigenvalue weighted by Gasteiger charge is -2.02. The molecule has 21 heavy (non-hydrogen) atoms. The number of aromatic hydroxyl groups is 2. The van der Waals surface area contributed by atoms with Crippen LogP contribution in [0.15, 0.2) is 48.5 Å². The van der Waals surface area contributed by atoms with E-state index in [4.69, 9.17) is 0 Å². The molecule has 104 valence electrons. The molecule has 0 fully saturated rings. The number of amides is 1. The van der Waals surface area contributed by atoms with Crippen molar-refractivity contribution in [1.82, 2.24) is 0 Å². The van der Waals surface area contributed by atoms with Crippen LogP contribution in [0.3, 0.4) is 0 Å². The van der Waals surface area contributed by atoms with Crippen molar-refractivity contribution in [2.45, 2.75) is 0 Å². The summed E-state index contributed by atoms with van der Waals surface area (Å²) in [5, 5.41) is 21.6. The van der Waals surface area contributed by atoms with E-state index < -0.39 is 5.78 Å². The Morgan fingerprint density at radius 2 is 1.86 bits per heavy atom. The number of para-hydroxylation sites is 1. The normalized spacial score (nSPS) is 14.9. The van der Waals surface area contributed by atoms with Crippen molar-refractivity contribution >= 4 is 23.0 Å². The van der Waals surface area contributed by atoms with Crippen LogP contribution in [0.5, 0.6) is 11.5 Å². The summed E-state index contributed by atoms with van der Waals surface area (Å²) in [6, 6.07) is 10.7. The molecule has 2 aromatic rings. The van der Waals surface area contributed by atoms with Crippen LogP contribution in [-0.2, 0) is 4.79 Å². The standard InChI is InChI=1S/C16H11NO4/c18-9-5-6-11(14(19)7-9)15(20)8-12-10-3-1-2-4-13(10)17-16(12)21/h1-8,18-19H,(H,17,21)/b12-8-. The number of nitrogens with one attached hydrogen (secondary N) is 1. The number of carbonyl (C=O) groups is 2. The van der Waals surface area contributed by atoms with Crippen LogP contribution >= 0.6 is 0 Å². The van der Waals surface area contributed by atoms with Gasteiger partial charge in [-0.3, -0.25) is 9.59 Å². The zero-order chi connectivity index (χ0) is 15.0. The van der Waals surface area contributed by atoms with Crippen LogP contribution in [0.25, 0.3) is 5.57 Å². The molecule has 0 spiro atoms. The number of allylic oxidation sites excluding steroid dienone is 1. The van der Waals surface area contributed by atoms with Gasteiger partial charge in [0.1, 0.15) is 11.5 Å². The van der Waals surface area contributed by atoms with E-state index in [1.54, 1.807) is 24.3 Å². The molecular weight excluding hydrogens is 270 g/mol. The molecular formula is C16H11NO4. The number of phenolic OH excluding ortho intramolecular Hbond substituents is 2. The van der Waals surface area contributed by atoms with Crippen LogP contribution in [-0.4, -0.2) is 21.9 Å². The molecule has 5 heteroatoms. The lowest BCUT2D eigenvalue weighted by Crippen LogP contribution is -2.06. The maximum atomic E-state index is 12.2. The zero-order valence-electron chi connectivity index (χ0n) is 10.8. The highest BCUT2D eigenvalue weighted by atomic mass is 16.3. The second kappa shape index (κ2) is 4.79. The third kappa shape index (κ3) is 2.25. The van der Waals surface area contributed by atoms with E-state index in [2.05, 4.69) is 5.32 Å². The first-order chi connectivity index (χ1) is 10.1. The Morgan fingerprint density at radius 1 is 1.10 bits per heavy atom. The Hall–Kier alpha value is -3.08. The first-order valence-corrected chi connectivity index (χ1v) is 6.25. The third-order valence-electron chi connectivity index (χ3n) is 3.23. The number of hydrogen-bond acceptors (Lipinski definition) is 4. The molecule has 0 bridgehead atoms. The summed E-state index contributed by atoms with van der Waals surface area (Å²) in [6.45, 7) is 0. The minimum absolute atomic E-state index is 0.0254. The van der Waals surface area contributed by atoms with Gasteiger partial charge in [0.15, 0.2) is 5.78 Å². The largest absolute Gasteiger partial charge is 0.508 e. The van der Waals surface area contributed by atoms with Gasteiger partial charge in [-0.15, -0.1) is 0 Å². The smallest absolute Gasteiger partial charge is 0.256 e. The highest BCUT2D eigenvalue weighted by molar-refractivity contribution is 6.35. The fourth-order valence-corrected chi connectivity index (χ4v) is 2.22. The molecule has 3 rings (SSSR count). The summed E-state index contributed by atoms with van der Waals surface area (Å²) in [6.07, 6.45) is 1.19. The van der Waals surface area contributed by atoms with Crippen LogP contribution in [0.2, 0.25) is 0 Å². The molecule has 5 nitrogen and oxygen atoms in total. The minimum atomic E-state index is -0.505. The SMILES string of the molecule is O=C1Nc2ccccc2/C1=C/C(=O)c1ccc(O)cc1O. The molecule has 0 aliphatic carbocycles. The highest BCUT2D eigenvalue weighted by Gasteiger charge is 2.25. The second-order valence-corrected chi connectivity index (χ2v) is 4.62. The van der Waals surface area contributed by atoms with Crippen molar-refractivity contribution in [3.05, 3.63) is 59.7 Å². The average Bonchev–Trinajstić information content (AvgIpc) is 2.75. The molecule has 0 saturated carbocycles. The minimum Gasteiger partial charge on any atom is -0.508 e. The van der Waals surface area contributed by atoms with Gasteiger partial charge in [-0.1, -0.05) is 18.2 Å². The first-order valence-electron chi connectivity index (χ1n) is 6.25. The van der Waals surface area contributed by atoms with Crippen molar-refractivity contribution < 1.29 is 19.8 Å². The topological polar surface area (TPSA) is 86.6 Å². The fourth-order valence-electron chi connectivity index (χ4n) is 2.22. The fraction of sp³-hybridized carbons (Fsp3) is 0. The number of hydrogen-bond donors (Lipinski definition) is 3. The number of phenols is 2. The van der Waals surface area contributed by atoms with Crippen LogP contribution in [0.4, 0.5) is 5.69 Å². The van der Waals surface area contributed by atoms with Gasteiger partial charge in [-0.25, -0.2) is 0 Å². The van der Waals surface area contributed by atoms with Gasteiger partial charge in [0.2, 0.25) is 0 Å². The highest BCUT2D eigenvalue weighted by Crippen LogP contribution is 2.32. The monoisotopic (exact) mass is 281 g/mol. The van der Waals surface area contributed by atoms with E-state index in [-0.39, 0.29) is 28.5 Å². The molecule has 0 atom stereocenters. The van der Waals surface area contributed by atoms with Crippen molar-refractivity contribution in [3.63, 3.8) is 0 Å². The van der Waals surface area contributed by atoms with Crippen LogP contribution in [0, 0.1) is 0 Å². The van der Waals surface area contributed by atoms with E-state index in [0.717, 1.165) is 6.07 Å². The Balaban J connectivity index is 2.02. The predicted molar refractivity (Wildman–Crippen MR) is 77.2 cm³/mol. The number of benzene rings is 2. The molecule has 0 unspecified atom stereocenters. The van der Waals surface area contributed by atoms with Crippen molar-refractivity contribution in [2.24, 2.45) is 0 Å². The van der Waals surface area contributed by atoms with E-state index in [1.807, 2.05) is 0 Å². The van der Waals surface area contributed by atoms with E-state index in [1.165, 1.54) is 18.2 Å². The Kier molecular flexibility index (Phi) is 2.95. The van der Waals surface area contributed by atoms with Crippen molar-refractivity contribution in [1.29, 1.82) is 0 Å². The third-order valence-corrected chi connectivity index (χ3v) is 3.23. The number of fused-ring (bicyclic) bond motifs is 1. The average molecular weight is 281 g/mol. The number of carbonyl (C=O) groups excluding carboxylic acids is 2. The Bertz CT molecular complexity index is 793. The Morgan fingerprint density at radius 3 is 2.62 bits per heavy atom. The van der Waals surface area contributed by atoms with Crippen LogP contribution < -0.4 is 5.32 Å². The van der Waals surface area contributed by atoms with Gasteiger partial charge < -0.3 is 15.5 Å². The van der Waals surface area contributed by atoms with Crippen LogP contribution in [0.1, 0.15) is 15.9 Å². The molecule has 2 aromatic carbocycles. The predicted octanol–water partition coefficient (Wildman–Crippen LogP) is 2.32. The summed E-state index contributed by atoms with van der Waals surface area (Å²) in [5.74, 6) is -1.33. The number of rotatable bonds is 2. The zero-order valence-corrected chi connectivity index (χ0v) is 10.8. The number of anilines is 1. The molecule has 1 aliphatic heterocycles. The summed E-state index contributed by atoms with van der Waals surface area (Å²) >= 11 is 0. The summed E-state index contributed by atoms with van der Waals surface area (Å²) < 4.78 is 0. The van der Waals surface area contributed by atoms with E-state index >= 15 is 0 Å². The second-order valence-electron chi connectivity index (χ2n) is 4.62. The molecule has 1 aliphatic rings. The van der Waals surface area contributed by atoms with Gasteiger partial charge in [-0.2, -0.15) is 0 Å². The molecule has 0 aromatic heterocycles. The molecule has 3 N–H and O–H groups in total. The van der Waals surface area contributed by atoms with Gasteiger partial charge in [-0.05, 0) is 24.3 Å². The quantitative estimate of drug-likeness (QED) is 0.582. The molecule has 1 amide bonds. The molecule has 0 saturated heterocycles. The lowest BCUT2D eigenvalue weighted by molar-refractivity contribution is -0.110. The number of ketones is 1. The van der Waals surface area contributed by atoms with Crippen molar-refractivity contribution in [2.75, 3.05) is 5.32 Å². The summed E-state index contributed by atoms with van der Waals surface area (Å²) in [7, 11) is 0. The molecule has 0 radical (unpaired) electrons. The maximum Gasteiger partial charge on any atom is 0.256 e. The van der Waals surface area contributed by atoms with Crippen molar-refractivity contribution in [3.8, 4) is 11.5 Å². The van der Waals surface area contributed by atoms with E-state index in [0.29, 0.717) is 11.3 Å². The Labute approximate surface area is 120 Å². The van der Waals surface area contributed by atoms with E-state index in [9.17, 15) is 19.8 Å². The van der Waals surface area contributed by atoms with Gasteiger partial charge >= 0.3 is 0 Å². The molecule has 1 heterocycles. The first kappa shape index (κ1) is 12.9. The van der Waals surface area contributed by atoms with Gasteiger partial charge in [0.05, 0.1) is 11.1 Å². The van der Waals surface area contributed by atoms with Gasteiger partial charge in [0, 0.05) is 17.3 Å². The van der Waals surface area contributed by atoms with Gasteiger partial charge in [0.25, 0.3) is 5.91 Å². The maximum absolute atomic E-state index is 12.2. The summed E-state index contributed by atoms with van der Waals surface area (Å²) in [4.78, 5) is 24.1. The lowest BCUT2D eigenvalue weighted by atomic mass is 10.0.